The summed E-state index contributed by atoms with van der Waals surface area (Å²) >= 11 is 0. The van der Waals surface area contributed by atoms with E-state index in [4.69, 9.17) is 10.2 Å². The first-order chi connectivity index (χ1) is 11.6. The quantitative estimate of drug-likeness (QED) is 0.301. The highest BCUT2D eigenvalue weighted by atomic mass is 16.6. The van der Waals surface area contributed by atoms with Gasteiger partial charge in [0.15, 0.2) is 0 Å². The van der Waals surface area contributed by atoms with Gasteiger partial charge in [0, 0.05) is 6.42 Å². The van der Waals surface area contributed by atoms with Crippen LogP contribution in [0.4, 0.5) is 0 Å². The third-order valence-corrected chi connectivity index (χ3v) is 4.20. The smallest absolute Gasteiger partial charge is 0.347 e. The van der Waals surface area contributed by atoms with Gasteiger partial charge in [0.05, 0.1) is 6.61 Å². The number of esters is 1. The molecule has 0 aromatic rings. The first-order valence-corrected chi connectivity index (χ1v) is 9.65. The average molecular weight is 344 g/mol. The highest BCUT2D eigenvalue weighted by Crippen LogP contribution is 2.13. The van der Waals surface area contributed by atoms with Crippen molar-refractivity contribution in [2.24, 2.45) is 0 Å². The minimum atomic E-state index is -1.43. The number of ether oxygens (including phenoxy) is 1. The number of hydrogen-bond acceptors (Lipinski definition) is 4. The van der Waals surface area contributed by atoms with E-state index in [1.165, 1.54) is 64.2 Å². The van der Waals surface area contributed by atoms with Crippen LogP contribution in [0.3, 0.4) is 0 Å². The molecule has 142 valence electrons. The first-order valence-electron chi connectivity index (χ1n) is 9.65. The highest BCUT2D eigenvalue weighted by Gasteiger charge is 2.20. The van der Waals surface area contributed by atoms with E-state index in [2.05, 4.69) is 11.7 Å². The average Bonchev–Trinajstić information content (AvgIpc) is 2.56. The lowest BCUT2D eigenvalue weighted by atomic mass is 10.0. The van der Waals surface area contributed by atoms with Gasteiger partial charge in [-0.3, -0.25) is 4.79 Å². The van der Waals surface area contributed by atoms with Gasteiger partial charge in [-0.15, -0.1) is 0 Å². The molecule has 0 radical (unpaired) electrons. The molecule has 0 saturated carbocycles. The fourth-order valence-electron chi connectivity index (χ4n) is 2.67. The predicted octanol–water partition coefficient (Wildman–Crippen LogP) is 4.46. The maximum absolute atomic E-state index is 11.4. The molecule has 0 aliphatic rings. The van der Waals surface area contributed by atoms with E-state index in [1.807, 2.05) is 0 Å². The molecule has 0 saturated heterocycles. The fraction of sp³-hybridized carbons (Fsp3) is 0.895. The van der Waals surface area contributed by atoms with Crippen LogP contribution in [0.15, 0.2) is 0 Å². The van der Waals surface area contributed by atoms with E-state index in [1.54, 1.807) is 0 Å². The van der Waals surface area contributed by atoms with Crippen LogP contribution in [0.5, 0.6) is 0 Å². The number of hydrogen-bond donors (Lipinski definition) is 2. The zero-order valence-electron chi connectivity index (χ0n) is 15.3. The van der Waals surface area contributed by atoms with Gasteiger partial charge in [0.1, 0.15) is 0 Å². The number of carbonyl (C=O) groups excluding carboxylic acids is 1. The molecular weight excluding hydrogens is 308 g/mol. The number of carbonyl (C=O) groups is 2. The van der Waals surface area contributed by atoms with E-state index in [0.29, 0.717) is 6.42 Å². The second kappa shape index (κ2) is 16.7. The molecule has 1 atom stereocenters. The number of aliphatic hydroxyl groups is 1. The summed E-state index contributed by atoms with van der Waals surface area (Å²) in [7, 11) is 0. The topological polar surface area (TPSA) is 83.8 Å². The van der Waals surface area contributed by atoms with Crippen LogP contribution in [0, 0.1) is 0 Å². The van der Waals surface area contributed by atoms with Crippen molar-refractivity contribution in [2.45, 2.75) is 103 Å². The number of carboxylic acid groups (broad SMARTS) is 1. The summed E-state index contributed by atoms with van der Waals surface area (Å²) in [5, 5.41) is 17.4. The van der Waals surface area contributed by atoms with Gasteiger partial charge < -0.3 is 14.9 Å². The van der Waals surface area contributed by atoms with Crippen LogP contribution >= 0.6 is 0 Å². The second-order valence-electron chi connectivity index (χ2n) is 6.49. The molecule has 2 N–H and O–H groups in total. The number of carboxylic acids is 1. The summed E-state index contributed by atoms with van der Waals surface area (Å²) in [6.07, 6.45) is 14.8. The van der Waals surface area contributed by atoms with Crippen LogP contribution in [0.1, 0.15) is 96.8 Å². The normalized spacial score (nSPS) is 12.1. The third kappa shape index (κ3) is 14.5. The molecule has 0 fully saturated rings. The minimum absolute atomic E-state index is 0.224. The number of aliphatic hydroxyl groups excluding tert-OH is 1. The fourth-order valence-corrected chi connectivity index (χ4v) is 2.67. The molecule has 1 unspecified atom stereocenters. The number of rotatable bonds is 17. The van der Waals surface area contributed by atoms with E-state index < -0.39 is 24.6 Å². The van der Waals surface area contributed by atoms with Crippen molar-refractivity contribution in [2.75, 3.05) is 6.61 Å². The molecule has 0 aliphatic heterocycles. The second-order valence-corrected chi connectivity index (χ2v) is 6.49. The summed E-state index contributed by atoms with van der Waals surface area (Å²) in [5.74, 6) is -1.85. The van der Waals surface area contributed by atoms with Crippen LogP contribution in [-0.2, 0) is 14.3 Å². The lowest BCUT2D eigenvalue weighted by Crippen LogP contribution is -2.30. The zero-order valence-corrected chi connectivity index (χ0v) is 15.3. The Morgan fingerprint density at radius 2 is 1.21 bits per heavy atom. The Hall–Kier alpha value is -1.10. The Balaban J connectivity index is 3.30. The molecule has 24 heavy (non-hydrogen) atoms. The number of unbranched alkanes of at least 4 members (excludes halogenated alkanes) is 12. The Labute approximate surface area is 146 Å². The summed E-state index contributed by atoms with van der Waals surface area (Å²) in [4.78, 5) is 22.0. The SMILES string of the molecule is CCCCCCCCCCCCCCCC(=O)OC(CO)C(=O)O. The van der Waals surface area contributed by atoms with E-state index >= 15 is 0 Å². The van der Waals surface area contributed by atoms with Gasteiger partial charge in [-0.2, -0.15) is 0 Å². The summed E-state index contributed by atoms with van der Waals surface area (Å²) in [6.45, 7) is 1.56. The Bertz CT molecular complexity index is 317. The molecule has 0 aromatic carbocycles. The molecule has 0 rings (SSSR count). The summed E-state index contributed by atoms with van der Waals surface area (Å²) in [5.41, 5.74) is 0. The third-order valence-electron chi connectivity index (χ3n) is 4.20. The van der Waals surface area contributed by atoms with E-state index in [9.17, 15) is 9.59 Å². The molecule has 0 bridgehead atoms. The lowest BCUT2D eigenvalue weighted by molar-refractivity contribution is -0.166. The lowest BCUT2D eigenvalue weighted by Gasteiger charge is -2.10. The molecule has 0 amide bonds. The van der Waals surface area contributed by atoms with Crippen LogP contribution in [0.25, 0.3) is 0 Å². The van der Waals surface area contributed by atoms with Crippen molar-refractivity contribution in [3.05, 3.63) is 0 Å². The molecule has 0 aromatic heterocycles. The molecule has 0 spiro atoms. The van der Waals surface area contributed by atoms with Gasteiger partial charge >= 0.3 is 11.9 Å². The number of aliphatic carboxylic acids is 1. The molecular formula is C19H36O5. The van der Waals surface area contributed by atoms with Crippen LogP contribution in [-0.4, -0.2) is 34.9 Å². The largest absolute Gasteiger partial charge is 0.478 e. The van der Waals surface area contributed by atoms with Gasteiger partial charge in [-0.25, -0.2) is 4.79 Å². The Morgan fingerprint density at radius 1 is 0.792 bits per heavy atom. The predicted molar refractivity (Wildman–Crippen MR) is 94.9 cm³/mol. The van der Waals surface area contributed by atoms with Gasteiger partial charge in [-0.05, 0) is 6.42 Å². The molecule has 0 aliphatic carbocycles. The van der Waals surface area contributed by atoms with Gasteiger partial charge in [0.25, 0.3) is 0 Å². The molecule has 0 heterocycles. The molecule has 5 nitrogen and oxygen atoms in total. The Kier molecular flexibility index (Phi) is 16.0. The van der Waals surface area contributed by atoms with Crippen molar-refractivity contribution in [1.29, 1.82) is 0 Å². The maximum atomic E-state index is 11.4. The summed E-state index contributed by atoms with van der Waals surface area (Å²) < 4.78 is 4.68. The minimum Gasteiger partial charge on any atom is -0.478 e. The first kappa shape index (κ1) is 22.9. The Morgan fingerprint density at radius 3 is 1.58 bits per heavy atom. The van der Waals surface area contributed by atoms with Crippen molar-refractivity contribution in [3.63, 3.8) is 0 Å². The monoisotopic (exact) mass is 344 g/mol. The zero-order chi connectivity index (χ0) is 18.0. The van der Waals surface area contributed by atoms with Crippen molar-refractivity contribution < 1.29 is 24.5 Å². The van der Waals surface area contributed by atoms with Gasteiger partial charge in [0.2, 0.25) is 6.10 Å². The van der Waals surface area contributed by atoms with Crippen LogP contribution < -0.4 is 0 Å². The van der Waals surface area contributed by atoms with E-state index in [0.717, 1.165) is 12.8 Å². The maximum Gasteiger partial charge on any atom is 0.347 e. The van der Waals surface area contributed by atoms with Gasteiger partial charge in [-0.1, -0.05) is 84.0 Å². The van der Waals surface area contributed by atoms with Crippen molar-refractivity contribution >= 4 is 11.9 Å². The highest BCUT2D eigenvalue weighted by molar-refractivity contribution is 5.78. The van der Waals surface area contributed by atoms with Crippen molar-refractivity contribution in [1.82, 2.24) is 0 Å². The molecule has 5 heteroatoms. The van der Waals surface area contributed by atoms with E-state index in [-0.39, 0.29) is 6.42 Å². The van der Waals surface area contributed by atoms with Crippen molar-refractivity contribution in [3.8, 4) is 0 Å². The standard InChI is InChI=1S/C19H36O5/c1-2-3-4-5-6-7-8-9-10-11-12-13-14-15-18(21)24-17(16-20)19(22)23/h17,20H,2-16H2,1H3,(H,22,23). The summed E-state index contributed by atoms with van der Waals surface area (Å²) in [6, 6.07) is 0. The van der Waals surface area contributed by atoms with Crippen LogP contribution in [0.2, 0.25) is 0 Å².